The number of carbonyl (C=O) groups is 1. The molecule has 2 rings (SSSR count). The summed E-state index contributed by atoms with van der Waals surface area (Å²) in [6, 6.07) is 16.5. The summed E-state index contributed by atoms with van der Waals surface area (Å²) < 4.78 is 11.1. The first-order valence-corrected chi connectivity index (χ1v) is 6.71. The van der Waals surface area contributed by atoms with Crippen LogP contribution in [0.1, 0.15) is 13.8 Å². The van der Waals surface area contributed by atoms with Crippen molar-refractivity contribution in [2.75, 3.05) is 12.4 Å². The Bertz CT molecular complexity index is 608. The number of nitrogens with one attached hydrogen (secondary N) is 1. The van der Waals surface area contributed by atoms with Gasteiger partial charge in [-0.3, -0.25) is 4.79 Å². The van der Waals surface area contributed by atoms with Crippen LogP contribution in [0.15, 0.2) is 54.6 Å². The lowest BCUT2D eigenvalue weighted by Crippen LogP contribution is -2.42. The fraction of sp³-hybridized carbons (Fsp3) is 0.235. The molecule has 0 bridgehead atoms. The molecule has 1 N–H and O–H groups in total. The zero-order valence-corrected chi connectivity index (χ0v) is 12.4. The number of hydrogen-bond donors (Lipinski definition) is 1. The Labute approximate surface area is 124 Å². The van der Waals surface area contributed by atoms with E-state index < -0.39 is 5.60 Å². The number of methoxy groups -OCH3 is 1. The molecule has 4 nitrogen and oxygen atoms in total. The van der Waals surface area contributed by atoms with Gasteiger partial charge in [0.1, 0.15) is 0 Å². The zero-order valence-electron chi connectivity index (χ0n) is 12.4. The lowest BCUT2D eigenvalue weighted by Gasteiger charge is -2.26. The van der Waals surface area contributed by atoms with E-state index in [0.29, 0.717) is 11.5 Å². The molecule has 0 unspecified atom stereocenters. The van der Waals surface area contributed by atoms with Gasteiger partial charge in [0.25, 0.3) is 5.91 Å². The first kappa shape index (κ1) is 14.9. The molecule has 110 valence electrons. The summed E-state index contributed by atoms with van der Waals surface area (Å²) in [5.74, 6) is 0.908. The molecule has 21 heavy (non-hydrogen) atoms. The summed E-state index contributed by atoms with van der Waals surface area (Å²) in [7, 11) is 1.57. The maximum atomic E-state index is 12.4. The van der Waals surface area contributed by atoms with Crippen LogP contribution >= 0.6 is 0 Å². The van der Waals surface area contributed by atoms with Gasteiger partial charge in [0, 0.05) is 5.69 Å². The highest BCUT2D eigenvalue weighted by atomic mass is 16.5. The van der Waals surface area contributed by atoms with Crippen molar-refractivity contribution < 1.29 is 14.3 Å². The molecule has 0 fully saturated rings. The molecular weight excluding hydrogens is 266 g/mol. The zero-order chi connectivity index (χ0) is 15.3. The van der Waals surface area contributed by atoms with Crippen LogP contribution in [0.5, 0.6) is 11.5 Å². The highest BCUT2D eigenvalue weighted by Gasteiger charge is 2.31. The molecule has 2 aromatic carbocycles. The molecule has 0 saturated carbocycles. The van der Waals surface area contributed by atoms with Crippen molar-refractivity contribution in [3.8, 4) is 11.5 Å². The standard InChI is InChI=1S/C17H19NO3/c1-17(2,16(19)18-13-9-5-4-6-10-13)21-15-12-8-7-11-14(15)20-3/h4-12H,1-3H3,(H,18,19). The van der Waals surface area contributed by atoms with E-state index in [2.05, 4.69) is 5.32 Å². The number of rotatable bonds is 5. The minimum Gasteiger partial charge on any atom is -0.493 e. The maximum Gasteiger partial charge on any atom is 0.267 e. The van der Waals surface area contributed by atoms with Crippen molar-refractivity contribution in [1.29, 1.82) is 0 Å². The monoisotopic (exact) mass is 285 g/mol. The minimum absolute atomic E-state index is 0.223. The molecule has 0 spiro atoms. The quantitative estimate of drug-likeness (QED) is 0.914. The van der Waals surface area contributed by atoms with Crippen molar-refractivity contribution in [3.63, 3.8) is 0 Å². The second-order valence-electron chi connectivity index (χ2n) is 5.08. The van der Waals surface area contributed by atoms with Gasteiger partial charge in [-0.15, -0.1) is 0 Å². The summed E-state index contributed by atoms with van der Waals surface area (Å²) in [6.07, 6.45) is 0. The number of amides is 1. The van der Waals surface area contributed by atoms with Crippen LogP contribution in [0.25, 0.3) is 0 Å². The predicted molar refractivity (Wildman–Crippen MR) is 82.8 cm³/mol. The van der Waals surface area contributed by atoms with E-state index in [1.54, 1.807) is 33.1 Å². The number of hydrogen-bond acceptors (Lipinski definition) is 3. The van der Waals surface area contributed by atoms with Gasteiger partial charge in [-0.1, -0.05) is 30.3 Å². The molecule has 0 saturated heterocycles. The third kappa shape index (κ3) is 3.75. The average Bonchev–Trinajstić information content (AvgIpc) is 2.48. The van der Waals surface area contributed by atoms with E-state index in [1.807, 2.05) is 42.5 Å². The Morgan fingerprint density at radius 1 is 0.952 bits per heavy atom. The molecule has 0 aliphatic rings. The normalized spacial score (nSPS) is 10.8. The Kier molecular flexibility index (Phi) is 4.48. The summed E-state index contributed by atoms with van der Waals surface area (Å²) in [5, 5.41) is 2.84. The van der Waals surface area contributed by atoms with E-state index >= 15 is 0 Å². The van der Waals surface area contributed by atoms with E-state index in [4.69, 9.17) is 9.47 Å². The van der Waals surface area contributed by atoms with Gasteiger partial charge in [0.05, 0.1) is 7.11 Å². The number of anilines is 1. The Balaban J connectivity index is 2.12. The van der Waals surface area contributed by atoms with E-state index in [9.17, 15) is 4.79 Å². The fourth-order valence-corrected chi connectivity index (χ4v) is 1.83. The van der Waals surface area contributed by atoms with Gasteiger partial charge >= 0.3 is 0 Å². The number of benzene rings is 2. The Morgan fingerprint density at radius 2 is 1.52 bits per heavy atom. The third-order valence-electron chi connectivity index (χ3n) is 3.01. The topological polar surface area (TPSA) is 47.6 Å². The first-order valence-electron chi connectivity index (χ1n) is 6.71. The van der Waals surface area contributed by atoms with Gasteiger partial charge < -0.3 is 14.8 Å². The predicted octanol–water partition coefficient (Wildman–Crippen LogP) is 3.49. The number of carbonyl (C=O) groups excluding carboxylic acids is 1. The second kappa shape index (κ2) is 6.31. The van der Waals surface area contributed by atoms with Gasteiger partial charge in [0.2, 0.25) is 0 Å². The Morgan fingerprint density at radius 3 is 2.14 bits per heavy atom. The number of ether oxygens (including phenoxy) is 2. The molecule has 0 aliphatic heterocycles. The summed E-state index contributed by atoms with van der Waals surface area (Å²) >= 11 is 0. The van der Waals surface area contributed by atoms with Crippen LogP contribution in [0.4, 0.5) is 5.69 Å². The highest BCUT2D eigenvalue weighted by molar-refractivity contribution is 5.97. The smallest absolute Gasteiger partial charge is 0.267 e. The molecule has 4 heteroatoms. The van der Waals surface area contributed by atoms with E-state index in [1.165, 1.54) is 0 Å². The van der Waals surface area contributed by atoms with E-state index in [-0.39, 0.29) is 5.91 Å². The summed E-state index contributed by atoms with van der Waals surface area (Å²) in [6.45, 7) is 3.44. The van der Waals surface area contributed by atoms with Crippen LogP contribution in [-0.2, 0) is 4.79 Å². The molecule has 0 heterocycles. The van der Waals surface area contributed by atoms with Crippen molar-refractivity contribution >= 4 is 11.6 Å². The summed E-state index contributed by atoms with van der Waals surface area (Å²) in [4.78, 5) is 12.4. The van der Waals surface area contributed by atoms with Crippen molar-refractivity contribution in [2.24, 2.45) is 0 Å². The van der Waals surface area contributed by atoms with Crippen molar-refractivity contribution in [2.45, 2.75) is 19.4 Å². The second-order valence-corrected chi connectivity index (χ2v) is 5.08. The lowest BCUT2D eigenvalue weighted by molar-refractivity contribution is -0.128. The largest absolute Gasteiger partial charge is 0.493 e. The fourth-order valence-electron chi connectivity index (χ4n) is 1.83. The van der Waals surface area contributed by atoms with Crippen LogP contribution in [-0.4, -0.2) is 18.6 Å². The molecule has 0 aromatic heterocycles. The highest BCUT2D eigenvalue weighted by Crippen LogP contribution is 2.29. The summed E-state index contributed by atoms with van der Waals surface area (Å²) in [5.41, 5.74) is -0.288. The van der Waals surface area contributed by atoms with Crippen molar-refractivity contribution in [3.05, 3.63) is 54.6 Å². The van der Waals surface area contributed by atoms with Crippen LogP contribution < -0.4 is 14.8 Å². The van der Waals surface area contributed by atoms with E-state index in [0.717, 1.165) is 5.69 Å². The molecule has 2 aromatic rings. The number of para-hydroxylation sites is 3. The van der Waals surface area contributed by atoms with Crippen LogP contribution in [0.2, 0.25) is 0 Å². The van der Waals surface area contributed by atoms with Gasteiger partial charge in [-0.25, -0.2) is 0 Å². The molecule has 0 aliphatic carbocycles. The van der Waals surface area contributed by atoms with Gasteiger partial charge in [-0.2, -0.15) is 0 Å². The SMILES string of the molecule is COc1ccccc1OC(C)(C)C(=O)Nc1ccccc1. The lowest BCUT2D eigenvalue weighted by atomic mass is 10.1. The molecule has 0 radical (unpaired) electrons. The van der Waals surface area contributed by atoms with Crippen molar-refractivity contribution in [1.82, 2.24) is 0 Å². The molecule has 1 amide bonds. The molecular formula is C17H19NO3. The minimum atomic E-state index is -1.02. The molecule has 0 atom stereocenters. The van der Waals surface area contributed by atoms with Crippen LogP contribution in [0, 0.1) is 0 Å². The van der Waals surface area contributed by atoms with Crippen LogP contribution in [0.3, 0.4) is 0 Å². The Hall–Kier alpha value is -2.49. The third-order valence-corrected chi connectivity index (χ3v) is 3.01. The average molecular weight is 285 g/mol. The van der Waals surface area contributed by atoms with Gasteiger partial charge in [-0.05, 0) is 38.1 Å². The van der Waals surface area contributed by atoms with Gasteiger partial charge in [0.15, 0.2) is 17.1 Å². The first-order chi connectivity index (χ1) is 10.0. The maximum absolute atomic E-state index is 12.4.